The normalized spacial score (nSPS) is 12.0. The van der Waals surface area contributed by atoms with Gasteiger partial charge in [-0.2, -0.15) is 0 Å². The number of aliphatic hydroxyl groups is 1. The van der Waals surface area contributed by atoms with Crippen LogP contribution in [-0.2, 0) is 17.7 Å². The maximum absolute atomic E-state index is 10.7. The SMILES string of the molecule is COCCc1ccc(OCC(O)CN(CCOc2ccc(-n3ccnc3)cc2)Cc2ccccc2)cc1. The Balaban J connectivity index is 1.27. The standard InChI is InChI=1S/C30H35N3O4/c1-35-19-15-25-7-11-30(12-8-25)37-23-28(34)22-32(21-26-5-3-2-4-6-26)18-20-36-29-13-9-27(10-14-29)33-17-16-31-24-33/h2-14,16-17,24,28,34H,15,18-23H2,1H3. The zero-order chi connectivity index (χ0) is 25.7. The van der Waals surface area contributed by atoms with E-state index in [-0.39, 0.29) is 6.61 Å². The van der Waals surface area contributed by atoms with Gasteiger partial charge in [0.05, 0.1) is 12.9 Å². The summed E-state index contributed by atoms with van der Waals surface area (Å²) in [5, 5.41) is 10.7. The topological polar surface area (TPSA) is 69.0 Å². The molecule has 0 saturated heterocycles. The number of benzene rings is 3. The van der Waals surface area contributed by atoms with E-state index in [1.807, 2.05) is 77.5 Å². The van der Waals surface area contributed by atoms with Gasteiger partial charge in [-0.1, -0.05) is 42.5 Å². The number of methoxy groups -OCH3 is 1. The molecule has 0 radical (unpaired) electrons. The van der Waals surface area contributed by atoms with Crippen LogP contribution in [0.5, 0.6) is 11.5 Å². The van der Waals surface area contributed by atoms with E-state index in [1.54, 1.807) is 19.6 Å². The van der Waals surface area contributed by atoms with E-state index < -0.39 is 6.10 Å². The van der Waals surface area contributed by atoms with Crippen LogP contribution in [0.25, 0.3) is 5.69 Å². The van der Waals surface area contributed by atoms with Crippen LogP contribution in [-0.4, -0.2) is 65.7 Å². The highest BCUT2D eigenvalue weighted by Crippen LogP contribution is 2.16. The van der Waals surface area contributed by atoms with E-state index in [2.05, 4.69) is 22.0 Å². The smallest absolute Gasteiger partial charge is 0.119 e. The number of hydrogen-bond acceptors (Lipinski definition) is 6. The summed E-state index contributed by atoms with van der Waals surface area (Å²) in [6.45, 7) is 3.28. The lowest BCUT2D eigenvalue weighted by Gasteiger charge is -2.25. The van der Waals surface area contributed by atoms with Crippen molar-refractivity contribution in [2.75, 3.05) is 40.0 Å². The molecule has 7 nitrogen and oxygen atoms in total. The van der Waals surface area contributed by atoms with Crippen molar-refractivity contribution in [3.63, 3.8) is 0 Å². The minimum absolute atomic E-state index is 0.222. The third-order valence-corrected chi connectivity index (χ3v) is 5.99. The van der Waals surface area contributed by atoms with Crippen molar-refractivity contribution in [3.05, 3.63) is 109 Å². The van der Waals surface area contributed by atoms with Gasteiger partial charge in [0, 0.05) is 44.8 Å². The second kappa shape index (κ2) is 14.2. The molecular formula is C30H35N3O4. The van der Waals surface area contributed by atoms with E-state index in [4.69, 9.17) is 14.2 Å². The maximum atomic E-state index is 10.7. The van der Waals surface area contributed by atoms with Gasteiger partial charge < -0.3 is 23.9 Å². The molecule has 1 unspecified atom stereocenters. The van der Waals surface area contributed by atoms with E-state index in [9.17, 15) is 5.11 Å². The third kappa shape index (κ3) is 8.75. The summed E-state index contributed by atoms with van der Waals surface area (Å²) in [5.41, 5.74) is 3.41. The number of aliphatic hydroxyl groups excluding tert-OH is 1. The van der Waals surface area contributed by atoms with Crippen LogP contribution in [0, 0.1) is 0 Å². The highest BCUT2D eigenvalue weighted by molar-refractivity contribution is 5.37. The first-order chi connectivity index (χ1) is 18.2. The molecule has 3 aromatic carbocycles. The maximum Gasteiger partial charge on any atom is 0.119 e. The molecule has 4 aromatic rings. The first kappa shape index (κ1) is 26.4. The van der Waals surface area contributed by atoms with Crippen molar-refractivity contribution in [2.24, 2.45) is 0 Å². The van der Waals surface area contributed by atoms with Crippen molar-refractivity contribution in [1.82, 2.24) is 14.5 Å². The van der Waals surface area contributed by atoms with Crippen LogP contribution in [0.1, 0.15) is 11.1 Å². The van der Waals surface area contributed by atoms with Crippen molar-refractivity contribution < 1.29 is 19.3 Å². The molecule has 4 rings (SSSR count). The Morgan fingerprint density at radius 1 is 0.865 bits per heavy atom. The summed E-state index contributed by atoms with van der Waals surface area (Å²) in [6, 6.07) is 26.1. The molecular weight excluding hydrogens is 466 g/mol. The van der Waals surface area contributed by atoms with Gasteiger partial charge in [-0.25, -0.2) is 4.98 Å². The van der Waals surface area contributed by atoms with Crippen molar-refractivity contribution in [3.8, 4) is 17.2 Å². The number of rotatable bonds is 15. The van der Waals surface area contributed by atoms with Crippen molar-refractivity contribution >= 4 is 0 Å². The number of ether oxygens (including phenoxy) is 3. The van der Waals surface area contributed by atoms with Crippen LogP contribution >= 0.6 is 0 Å². The Labute approximate surface area is 218 Å². The molecule has 0 saturated carbocycles. The van der Waals surface area contributed by atoms with Gasteiger partial charge in [-0.15, -0.1) is 0 Å². The predicted octanol–water partition coefficient (Wildman–Crippen LogP) is 4.38. The third-order valence-electron chi connectivity index (χ3n) is 5.99. The summed E-state index contributed by atoms with van der Waals surface area (Å²) < 4.78 is 18.9. The molecule has 1 atom stereocenters. The van der Waals surface area contributed by atoms with Gasteiger partial charge in [0.2, 0.25) is 0 Å². The van der Waals surface area contributed by atoms with E-state index >= 15 is 0 Å². The summed E-state index contributed by atoms with van der Waals surface area (Å²) in [5.74, 6) is 1.55. The summed E-state index contributed by atoms with van der Waals surface area (Å²) in [7, 11) is 1.70. The monoisotopic (exact) mass is 501 g/mol. The molecule has 1 aromatic heterocycles. The summed E-state index contributed by atoms with van der Waals surface area (Å²) in [6.07, 6.45) is 5.66. The Kier molecular flexibility index (Phi) is 10.1. The molecule has 0 amide bonds. The Morgan fingerprint density at radius 3 is 2.30 bits per heavy atom. The van der Waals surface area contributed by atoms with E-state index in [0.29, 0.717) is 26.3 Å². The van der Waals surface area contributed by atoms with Gasteiger partial charge in [0.1, 0.15) is 30.8 Å². The fourth-order valence-electron chi connectivity index (χ4n) is 4.01. The molecule has 1 heterocycles. The largest absolute Gasteiger partial charge is 0.492 e. The molecule has 1 N–H and O–H groups in total. The minimum Gasteiger partial charge on any atom is -0.492 e. The van der Waals surface area contributed by atoms with Crippen LogP contribution < -0.4 is 9.47 Å². The Hall–Kier alpha value is -3.65. The van der Waals surface area contributed by atoms with Crippen molar-refractivity contribution in [1.29, 1.82) is 0 Å². The average Bonchev–Trinajstić information content (AvgIpc) is 3.47. The average molecular weight is 502 g/mol. The van der Waals surface area contributed by atoms with Crippen LogP contribution in [0.3, 0.4) is 0 Å². The van der Waals surface area contributed by atoms with Gasteiger partial charge in [-0.3, -0.25) is 4.90 Å². The molecule has 0 spiro atoms. The van der Waals surface area contributed by atoms with Gasteiger partial charge in [-0.05, 0) is 53.9 Å². The molecule has 7 heteroatoms. The molecule has 37 heavy (non-hydrogen) atoms. The quantitative estimate of drug-likeness (QED) is 0.261. The minimum atomic E-state index is -0.633. The molecule has 0 fully saturated rings. The van der Waals surface area contributed by atoms with Gasteiger partial charge in [0.15, 0.2) is 0 Å². The Bertz CT molecular complexity index is 1150. The number of hydrogen-bond donors (Lipinski definition) is 1. The number of aromatic nitrogens is 2. The lowest BCUT2D eigenvalue weighted by molar-refractivity contribution is 0.0605. The second-order valence-corrected chi connectivity index (χ2v) is 8.88. The molecule has 0 aliphatic rings. The van der Waals surface area contributed by atoms with Crippen LogP contribution in [0.4, 0.5) is 0 Å². The van der Waals surface area contributed by atoms with Crippen molar-refractivity contribution in [2.45, 2.75) is 19.1 Å². The summed E-state index contributed by atoms with van der Waals surface area (Å²) >= 11 is 0. The number of nitrogens with zero attached hydrogens (tertiary/aromatic N) is 3. The fraction of sp³-hybridized carbons (Fsp3) is 0.300. The van der Waals surface area contributed by atoms with E-state index in [0.717, 1.165) is 30.2 Å². The van der Waals surface area contributed by atoms with Crippen LogP contribution in [0.2, 0.25) is 0 Å². The van der Waals surface area contributed by atoms with E-state index in [1.165, 1.54) is 11.1 Å². The lowest BCUT2D eigenvalue weighted by Crippen LogP contribution is -2.37. The summed E-state index contributed by atoms with van der Waals surface area (Å²) in [4.78, 5) is 6.28. The lowest BCUT2D eigenvalue weighted by atomic mass is 10.1. The molecule has 194 valence electrons. The predicted molar refractivity (Wildman–Crippen MR) is 144 cm³/mol. The van der Waals surface area contributed by atoms with Gasteiger partial charge in [0.25, 0.3) is 0 Å². The first-order valence-electron chi connectivity index (χ1n) is 12.6. The number of imidazole rings is 1. The fourth-order valence-corrected chi connectivity index (χ4v) is 4.01. The first-order valence-corrected chi connectivity index (χ1v) is 12.6. The molecule has 0 aliphatic heterocycles. The zero-order valence-electron chi connectivity index (χ0n) is 21.3. The highest BCUT2D eigenvalue weighted by atomic mass is 16.5. The van der Waals surface area contributed by atoms with Crippen LogP contribution in [0.15, 0.2) is 97.6 Å². The highest BCUT2D eigenvalue weighted by Gasteiger charge is 2.14. The van der Waals surface area contributed by atoms with Gasteiger partial charge >= 0.3 is 0 Å². The Morgan fingerprint density at radius 2 is 1.59 bits per heavy atom. The zero-order valence-corrected chi connectivity index (χ0v) is 21.3. The molecule has 0 bridgehead atoms. The second-order valence-electron chi connectivity index (χ2n) is 8.88. The molecule has 0 aliphatic carbocycles.